The Morgan fingerprint density at radius 3 is 2.84 bits per heavy atom. The highest BCUT2D eigenvalue weighted by Crippen LogP contribution is 2.31. The zero-order valence-corrected chi connectivity index (χ0v) is 12.6. The van der Waals surface area contributed by atoms with E-state index in [1.165, 1.54) is 0 Å². The molecule has 1 atom stereocenters. The number of carbonyl (C=O) groups is 1. The van der Waals surface area contributed by atoms with Crippen molar-refractivity contribution in [3.63, 3.8) is 0 Å². The molecular weight excluding hydrogens is 310 g/mol. The lowest BCUT2D eigenvalue weighted by Gasteiger charge is -2.30. The second-order valence-electron chi connectivity index (χ2n) is 4.32. The van der Waals surface area contributed by atoms with Crippen LogP contribution >= 0.6 is 15.9 Å². The lowest BCUT2D eigenvalue weighted by Crippen LogP contribution is -2.46. The number of amides is 1. The minimum atomic E-state index is -0.537. The molecule has 1 amide bonds. The summed E-state index contributed by atoms with van der Waals surface area (Å²) in [6.07, 6.45) is 0.397. The zero-order valence-electron chi connectivity index (χ0n) is 11.0. The maximum absolute atomic E-state index is 12.4. The molecule has 1 unspecified atom stereocenters. The van der Waals surface area contributed by atoms with Crippen LogP contribution in [0.15, 0.2) is 24.3 Å². The van der Waals surface area contributed by atoms with Gasteiger partial charge in [-0.15, -0.1) is 0 Å². The summed E-state index contributed by atoms with van der Waals surface area (Å²) in [6, 6.07) is 7.43. The van der Waals surface area contributed by atoms with E-state index in [0.29, 0.717) is 18.0 Å². The molecule has 104 valence electrons. The van der Waals surface area contributed by atoms with Crippen molar-refractivity contribution in [2.24, 2.45) is 0 Å². The Morgan fingerprint density at radius 1 is 1.42 bits per heavy atom. The molecule has 0 bridgehead atoms. The molecule has 0 aliphatic carbocycles. The molecule has 1 aromatic carbocycles. The van der Waals surface area contributed by atoms with Crippen LogP contribution in [0.4, 0.5) is 0 Å². The van der Waals surface area contributed by atoms with Crippen molar-refractivity contribution in [2.75, 3.05) is 25.0 Å². The number of ether oxygens (including phenoxy) is 2. The number of halogens is 1. The number of likely N-dealkylation sites (N-methyl/N-ethyl adjacent to an activating group) is 1. The van der Waals surface area contributed by atoms with Gasteiger partial charge in [-0.1, -0.05) is 28.1 Å². The fourth-order valence-corrected chi connectivity index (χ4v) is 2.27. The summed E-state index contributed by atoms with van der Waals surface area (Å²) in [7, 11) is 0. The van der Waals surface area contributed by atoms with Crippen LogP contribution in [0.25, 0.3) is 0 Å². The average Bonchev–Trinajstić information content (AvgIpc) is 2.47. The number of nitrogens with zero attached hydrogens (tertiary/aromatic N) is 1. The van der Waals surface area contributed by atoms with Crippen molar-refractivity contribution in [2.45, 2.75) is 19.4 Å². The van der Waals surface area contributed by atoms with E-state index in [4.69, 9.17) is 9.47 Å². The fourth-order valence-electron chi connectivity index (χ4n) is 2.02. The summed E-state index contributed by atoms with van der Waals surface area (Å²) in [5, 5.41) is 0.891. The van der Waals surface area contributed by atoms with Gasteiger partial charge < -0.3 is 14.4 Å². The van der Waals surface area contributed by atoms with E-state index in [2.05, 4.69) is 15.9 Å². The third-order valence-corrected chi connectivity index (χ3v) is 3.60. The quantitative estimate of drug-likeness (QED) is 0.780. The first kappa shape index (κ1) is 14.2. The molecule has 1 aromatic rings. The molecule has 0 aromatic heterocycles. The highest BCUT2D eigenvalue weighted by molar-refractivity contribution is 9.09. The van der Waals surface area contributed by atoms with E-state index in [1.807, 2.05) is 36.1 Å². The predicted octanol–water partition coefficient (Wildman–Crippen LogP) is 2.46. The van der Waals surface area contributed by atoms with Crippen LogP contribution in [0.5, 0.6) is 11.5 Å². The Bertz CT molecular complexity index is 438. The topological polar surface area (TPSA) is 38.8 Å². The highest BCUT2D eigenvalue weighted by atomic mass is 79.9. The third-order valence-electron chi connectivity index (χ3n) is 3.04. The van der Waals surface area contributed by atoms with E-state index in [0.717, 1.165) is 18.3 Å². The molecule has 1 aliphatic rings. The third kappa shape index (κ3) is 3.41. The lowest BCUT2D eigenvalue weighted by molar-refractivity contribution is -0.141. The molecule has 0 N–H and O–H groups in total. The Morgan fingerprint density at radius 2 is 2.16 bits per heavy atom. The van der Waals surface area contributed by atoms with E-state index in [9.17, 15) is 4.79 Å². The van der Waals surface area contributed by atoms with Crippen LogP contribution in [0.2, 0.25) is 0 Å². The number of hydrogen-bond donors (Lipinski definition) is 0. The van der Waals surface area contributed by atoms with Crippen molar-refractivity contribution in [1.29, 1.82) is 0 Å². The van der Waals surface area contributed by atoms with Crippen molar-refractivity contribution < 1.29 is 14.3 Å². The van der Waals surface area contributed by atoms with Gasteiger partial charge >= 0.3 is 0 Å². The van der Waals surface area contributed by atoms with Crippen LogP contribution in [0.3, 0.4) is 0 Å². The smallest absolute Gasteiger partial charge is 0.267 e. The van der Waals surface area contributed by atoms with Gasteiger partial charge in [0.25, 0.3) is 5.91 Å². The van der Waals surface area contributed by atoms with Gasteiger partial charge in [0.05, 0.1) is 0 Å². The van der Waals surface area contributed by atoms with E-state index in [-0.39, 0.29) is 12.5 Å². The molecule has 4 nitrogen and oxygen atoms in total. The zero-order chi connectivity index (χ0) is 13.7. The van der Waals surface area contributed by atoms with E-state index in [1.54, 1.807) is 0 Å². The summed E-state index contributed by atoms with van der Waals surface area (Å²) >= 11 is 3.38. The monoisotopic (exact) mass is 327 g/mol. The van der Waals surface area contributed by atoms with Gasteiger partial charge in [0.1, 0.15) is 6.61 Å². The molecule has 1 heterocycles. The predicted molar refractivity (Wildman–Crippen MR) is 77.0 cm³/mol. The van der Waals surface area contributed by atoms with Crippen molar-refractivity contribution in [3.05, 3.63) is 24.3 Å². The maximum atomic E-state index is 12.4. The number of carbonyl (C=O) groups excluding carboxylic acids is 1. The first-order valence-electron chi connectivity index (χ1n) is 6.49. The standard InChI is InChI=1S/C14H18BrNO3/c1-2-16(9-5-8-15)14(17)13-10-18-11-6-3-4-7-12(11)19-13/h3-4,6-7,13H,2,5,8-10H2,1H3. The van der Waals surface area contributed by atoms with Crippen molar-refractivity contribution >= 4 is 21.8 Å². The summed E-state index contributed by atoms with van der Waals surface area (Å²) in [6.45, 7) is 3.68. The SMILES string of the molecule is CCN(CCCBr)C(=O)C1COc2ccccc2O1. The molecule has 0 fully saturated rings. The number of benzene rings is 1. The number of fused-ring (bicyclic) bond motifs is 1. The van der Waals surface area contributed by atoms with Crippen molar-refractivity contribution in [3.8, 4) is 11.5 Å². The summed E-state index contributed by atoms with van der Waals surface area (Å²) < 4.78 is 11.3. The molecule has 0 spiro atoms. The van der Waals surface area contributed by atoms with E-state index >= 15 is 0 Å². The number of alkyl halides is 1. The van der Waals surface area contributed by atoms with Gasteiger partial charge in [-0.2, -0.15) is 0 Å². The van der Waals surface area contributed by atoms with Crippen LogP contribution in [-0.2, 0) is 4.79 Å². The first-order chi connectivity index (χ1) is 9.26. The van der Waals surface area contributed by atoms with Crippen LogP contribution < -0.4 is 9.47 Å². The Hall–Kier alpha value is -1.23. The Balaban J connectivity index is 2.01. The van der Waals surface area contributed by atoms with Crippen LogP contribution in [0, 0.1) is 0 Å². The Kier molecular flexibility index (Phi) is 5.07. The second kappa shape index (κ2) is 6.80. The molecule has 5 heteroatoms. The molecule has 1 aliphatic heterocycles. The number of para-hydroxylation sites is 2. The normalized spacial score (nSPS) is 17.1. The molecule has 0 radical (unpaired) electrons. The van der Waals surface area contributed by atoms with Crippen LogP contribution in [-0.4, -0.2) is 41.9 Å². The molecule has 0 saturated heterocycles. The molecular formula is C14H18BrNO3. The summed E-state index contributed by atoms with van der Waals surface area (Å²) in [5.74, 6) is 1.34. The average molecular weight is 328 g/mol. The summed E-state index contributed by atoms with van der Waals surface area (Å²) in [5.41, 5.74) is 0. The minimum absolute atomic E-state index is 0.00190. The van der Waals surface area contributed by atoms with Crippen molar-refractivity contribution in [1.82, 2.24) is 4.90 Å². The molecule has 0 saturated carbocycles. The largest absolute Gasteiger partial charge is 0.485 e. The van der Waals surface area contributed by atoms with E-state index < -0.39 is 6.10 Å². The van der Waals surface area contributed by atoms with Gasteiger partial charge in [0.15, 0.2) is 11.5 Å². The molecule has 2 rings (SSSR count). The highest BCUT2D eigenvalue weighted by Gasteiger charge is 2.30. The number of hydrogen-bond acceptors (Lipinski definition) is 3. The van der Waals surface area contributed by atoms with Gasteiger partial charge in [-0.05, 0) is 25.5 Å². The summed E-state index contributed by atoms with van der Waals surface area (Å²) in [4.78, 5) is 14.2. The fraction of sp³-hybridized carbons (Fsp3) is 0.500. The Labute approximate surface area is 121 Å². The van der Waals surface area contributed by atoms with Gasteiger partial charge in [-0.25, -0.2) is 0 Å². The van der Waals surface area contributed by atoms with Gasteiger partial charge in [0, 0.05) is 18.4 Å². The van der Waals surface area contributed by atoms with Crippen LogP contribution in [0.1, 0.15) is 13.3 Å². The van der Waals surface area contributed by atoms with Gasteiger partial charge in [0.2, 0.25) is 6.10 Å². The second-order valence-corrected chi connectivity index (χ2v) is 5.12. The van der Waals surface area contributed by atoms with Gasteiger partial charge in [-0.3, -0.25) is 4.79 Å². The molecule has 19 heavy (non-hydrogen) atoms. The lowest BCUT2D eigenvalue weighted by atomic mass is 10.2. The minimum Gasteiger partial charge on any atom is -0.485 e. The maximum Gasteiger partial charge on any atom is 0.267 e. The number of rotatable bonds is 5. The first-order valence-corrected chi connectivity index (χ1v) is 7.61.